The minimum absolute atomic E-state index is 0.341. The van der Waals surface area contributed by atoms with Crippen LogP contribution in [0.25, 0.3) is 0 Å². The zero-order chi connectivity index (χ0) is 10.2. The van der Waals surface area contributed by atoms with Gasteiger partial charge in [0.1, 0.15) is 0 Å². The average Bonchev–Trinajstić information content (AvgIpc) is 2.42. The largest absolute Gasteiger partial charge is 0.479 e. The first-order chi connectivity index (χ1) is 6.54. The van der Waals surface area contributed by atoms with Gasteiger partial charge < -0.3 is 9.72 Å². The molecule has 0 fully saturated rings. The van der Waals surface area contributed by atoms with Crippen LogP contribution in [0.5, 0.6) is 5.88 Å². The summed E-state index contributed by atoms with van der Waals surface area (Å²) in [7, 11) is 0. The molecular formula is C12H19NO. The Labute approximate surface area is 85.7 Å². The van der Waals surface area contributed by atoms with E-state index in [1.54, 1.807) is 0 Å². The van der Waals surface area contributed by atoms with Gasteiger partial charge in [-0.15, -0.1) is 0 Å². The molecule has 1 aliphatic rings. The molecule has 2 heteroatoms. The van der Waals surface area contributed by atoms with Crippen molar-refractivity contribution in [3.8, 4) is 5.88 Å². The van der Waals surface area contributed by atoms with Crippen molar-refractivity contribution >= 4 is 0 Å². The molecule has 1 aromatic heterocycles. The van der Waals surface area contributed by atoms with Crippen LogP contribution in [-0.2, 0) is 12.8 Å². The number of aromatic amines is 1. The standard InChI is InChI=1S/C12H19NO/c1-12(2,3)8-10-7-9-5-4-6-14-11(9)13-10/h7,13H,4-6,8H2,1-3H3. The topological polar surface area (TPSA) is 25.0 Å². The highest BCUT2D eigenvalue weighted by molar-refractivity contribution is 5.33. The second kappa shape index (κ2) is 3.34. The molecule has 0 saturated heterocycles. The lowest BCUT2D eigenvalue weighted by atomic mass is 9.90. The van der Waals surface area contributed by atoms with Crippen LogP contribution >= 0.6 is 0 Å². The van der Waals surface area contributed by atoms with Gasteiger partial charge in [0.2, 0.25) is 0 Å². The molecule has 1 aliphatic heterocycles. The fourth-order valence-electron chi connectivity index (χ4n) is 1.96. The van der Waals surface area contributed by atoms with Crippen molar-refractivity contribution in [3.63, 3.8) is 0 Å². The minimum Gasteiger partial charge on any atom is -0.479 e. The Kier molecular flexibility index (Phi) is 2.30. The summed E-state index contributed by atoms with van der Waals surface area (Å²) in [6, 6.07) is 2.26. The Morgan fingerprint density at radius 3 is 2.86 bits per heavy atom. The van der Waals surface area contributed by atoms with Crippen molar-refractivity contribution in [1.82, 2.24) is 4.98 Å². The van der Waals surface area contributed by atoms with E-state index in [9.17, 15) is 0 Å². The first-order valence-electron chi connectivity index (χ1n) is 5.38. The third kappa shape index (κ3) is 2.11. The van der Waals surface area contributed by atoms with Gasteiger partial charge in [-0.2, -0.15) is 0 Å². The van der Waals surface area contributed by atoms with Gasteiger partial charge in [0.05, 0.1) is 6.61 Å². The highest BCUT2D eigenvalue weighted by atomic mass is 16.5. The first-order valence-corrected chi connectivity index (χ1v) is 5.38. The van der Waals surface area contributed by atoms with Gasteiger partial charge in [-0.1, -0.05) is 20.8 Å². The van der Waals surface area contributed by atoms with E-state index in [1.165, 1.54) is 11.3 Å². The molecule has 14 heavy (non-hydrogen) atoms. The van der Waals surface area contributed by atoms with Gasteiger partial charge in [0, 0.05) is 11.3 Å². The molecule has 0 amide bonds. The third-order valence-electron chi connectivity index (χ3n) is 2.47. The first kappa shape index (κ1) is 9.63. The Morgan fingerprint density at radius 1 is 1.43 bits per heavy atom. The molecule has 0 unspecified atom stereocenters. The van der Waals surface area contributed by atoms with Crippen molar-refractivity contribution in [1.29, 1.82) is 0 Å². The van der Waals surface area contributed by atoms with Crippen LogP contribution in [0.2, 0.25) is 0 Å². The van der Waals surface area contributed by atoms with Gasteiger partial charge in [0.25, 0.3) is 0 Å². The molecule has 2 rings (SSSR count). The Morgan fingerprint density at radius 2 is 2.21 bits per heavy atom. The zero-order valence-electron chi connectivity index (χ0n) is 9.31. The summed E-state index contributed by atoms with van der Waals surface area (Å²) in [5.41, 5.74) is 3.01. The maximum Gasteiger partial charge on any atom is 0.194 e. The lowest BCUT2D eigenvalue weighted by molar-refractivity contribution is 0.278. The minimum atomic E-state index is 0.341. The molecular weight excluding hydrogens is 174 g/mol. The summed E-state index contributed by atoms with van der Waals surface area (Å²) in [6.45, 7) is 7.64. The van der Waals surface area contributed by atoms with Crippen molar-refractivity contribution in [2.45, 2.75) is 40.0 Å². The third-order valence-corrected chi connectivity index (χ3v) is 2.47. The average molecular weight is 193 g/mol. The summed E-state index contributed by atoms with van der Waals surface area (Å²) >= 11 is 0. The second-order valence-corrected chi connectivity index (χ2v) is 5.34. The van der Waals surface area contributed by atoms with Crippen LogP contribution in [0.15, 0.2) is 6.07 Å². The van der Waals surface area contributed by atoms with Crippen LogP contribution in [0.1, 0.15) is 38.4 Å². The number of H-pyrrole nitrogens is 1. The van der Waals surface area contributed by atoms with Crippen LogP contribution in [0.4, 0.5) is 0 Å². The molecule has 0 saturated carbocycles. The monoisotopic (exact) mass is 193 g/mol. The van der Waals surface area contributed by atoms with Crippen LogP contribution < -0.4 is 4.74 Å². The van der Waals surface area contributed by atoms with E-state index < -0.39 is 0 Å². The van der Waals surface area contributed by atoms with E-state index in [1.807, 2.05) is 0 Å². The molecule has 0 atom stereocenters. The summed E-state index contributed by atoms with van der Waals surface area (Å²) in [5, 5.41) is 0. The van der Waals surface area contributed by atoms with Crippen molar-refractivity contribution in [3.05, 3.63) is 17.3 Å². The quantitative estimate of drug-likeness (QED) is 0.728. The maximum atomic E-state index is 5.56. The van der Waals surface area contributed by atoms with Gasteiger partial charge in [-0.25, -0.2) is 0 Å². The molecule has 2 heterocycles. The Balaban J connectivity index is 2.16. The molecule has 78 valence electrons. The summed E-state index contributed by atoms with van der Waals surface area (Å²) < 4.78 is 5.56. The molecule has 1 N–H and O–H groups in total. The van der Waals surface area contributed by atoms with Crippen LogP contribution in [0.3, 0.4) is 0 Å². The summed E-state index contributed by atoms with van der Waals surface area (Å²) in [5.74, 6) is 1.01. The van der Waals surface area contributed by atoms with Crippen molar-refractivity contribution in [2.75, 3.05) is 6.61 Å². The summed E-state index contributed by atoms with van der Waals surface area (Å²) in [6.07, 6.45) is 3.40. The van der Waals surface area contributed by atoms with E-state index in [0.29, 0.717) is 5.41 Å². The smallest absolute Gasteiger partial charge is 0.194 e. The molecule has 0 bridgehead atoms. The highest BCUT2D eigenvalue weighted by Gasteiger charge is 2.17. The number of ether oxygens (including phenoxy) is 1. The normalized spacial score (nSPS) is 16.2. The predicted octanol–water partition coefficient (Wildman–Crippen LogP) is 2.93. The number of hydrogen-bond donors (Lipinski definition) is 1. The summed E-state index contributed by atoms with van der Waals surface area (Å²) in [4.78, 5) is 3.37. The van der Waals surface area contributed by atoms with E-state index in [4.69, 9.17) is 4.74 Å². The molecule has 0 aliphatic carbocycles. The maximum absolute atomic E-state index is 5.56. The molecule has 0 aromatic carbocycles. The molecule has 0 spiro atoms. The van der Waals surface area contributed by atoms with Gasteiger partial charge >= 0.3 is 0 Å². The van der Waals surface area contributed by atoms with Gasteiger partial charge in [-0.05, 0) is 30.7 Å². The number of aromatic nitrogens is 1. The Hall–Kier alpha value is -0.920. The van der Waals surface area contributed by atoms with E-state index in [2.05, 4.69) is 31.8 Å². The molecule has 0 radical (unpaired) electrons. The fraction of sp³-hybridized carbons (Fsp3) is 0.667. The molecule has 2 nitrogen and oxygen atoms in total. The zero-order valence-corrected chi connectivity index (χ0v) is 9.31. The van der Waals surface area contributed by atoms with Gasteiger partial charge in [-0.3, -0.25) is 0 Å². The number of fused-ring (bicyclic) bond motifs is 1. The number of hydrogen-bond acceptors (Lipinski definition) is 1. The SMILES string of the molecule is CC(C)(C)Cc1cc2c([nH]1)OCCC2. The lowest BCUT2D eigenvalue weighted by Crippen LogP contribution is -2.09. The van der Waals surface area contributed by atoms with E-state index in [0.717, 1.165) is 31.7 Å². The van der Waals surface area contributed by atoms with Crippen LogP contribution in [-0.4, -0.2) is 11.6 Å². The Bertz CT molecular complexity index is 296. The highest BCUT2D eigenvalue weighted by Crippen LogP contribution is 2.28. The van der Waals surface area contributed by atoms with E-state index >= 15 is 0 Å². The van der Waals surface area contributed by atoms with Crippen molar-refractivity contribution in [2.24, 2.45) is 5.41 Å². The molecule has 1 aromatic rings. The second-order valence-electron chi connectivity index (χ2n) is 5.34. The number of nitrogens with one attached hydrogen (secondary N) is 1. The van der Waals surface area contributed by atoms with Crippen molar-refractivity contribution < 1.29 is 4.74 Å². The van der Waals surface area contributed by atoms with Crippen LogP contribution in [0, 0.1) is 5.41 Å². The number of aryl methyl sites for hydroxylation is 1. The van der Waals surface area contributed by atoms with E-state index in [-0.39, 0.29) is 0 Å². The van der Waals surface area contributed by atoms with Gasteiger partial charge in [0.15, 0.2) is 5.88 Å². The number of rotatable bonds is 1. The predicted molar refractivity (Wildman–Crippen MR) is 57.8 cm³/mol. The fourth-order valence-corrected chi connectivity index (χ4v) is 1.96. The lowest BCUT2D eigenvalue weighted by Gasteiger charge is -2.16.